The zero-order valence-corrected chi connectivity index (χ0v) is 20.3. The van der Waals surface area contributed by atoms with Crippen LogP contribution in [0.5, 0.6) is 5.75 Å². The quantitative estimate of drug-likeness (QED) is 0.226. The van der Waals surface area contributed by atoms with Crippen LogP contribution >= 0.6 is 0 Å². The molecule has 0 amide bonds. The molecular weight excluding hydrogens is 422 g/mol. The Morgan fingerprint density at radius 1 is 0.781 bits per heavy atom. The van der Waals surface area contributed by atoms with E-state index in [-0.39, 0.29) is 5.75 Å². The molecule has 0 bridgehead atoms. The molecule has 180 valence electrons. The number of para-hydroxylation sites is 1. The third kappa shape index (κ3) is 16.8. The maximum atomic E-state index is 10.1. The molecule has 5 nitrogen and oxygen atoms in total. The second-order valence-electron chi connectivity index (χ2n) is 8.24. The topological polar surface area (TPSA) is 89.6 Å². The van der Waals surface area contributed by atoms with Crippen molar-refractivity contribution >= 4 is 10.4 Å². The Balaban J connectivity index is 0.000000389. The standard InChI is InChI=1S/C20H35N.C6H6O4S/c1-2-3-4-5-6-7-8-9-10-14-17-20(21)18-19-15-12-11-13-16-19;7-11(8,9)10-6-4-2-1-3-5-6/h11-13,15-16,20H,2-10,14,17-18,21H2,1H3;1-5H,(H,7,8,9). The van der Waals surface area contributed by atoms with Crippen LogP contribution in [0.15, 0.2) is 60.7 Å². The summed E-state index contributed by atoms with van der Waals surface area (Å²) in [5.74, 6) is 0.0926. The first-order valence-electron chi connectivity index (χ1n) is 11.9. The van der Waals surface area contributed by atoms with Gasteiger partial charge in [-0.05, 0) is 30.5 Å². The van der Waals surface area contributed by atoms with E-state index in [2.05, 4.69) is 41.4 Å². The lowest BCUT2D eigenvalue weighted by atomic mass is 10.00. The van der Waals surface area contributed by atoms with E-state index in [1.54, 1.807) is 18.2 Å². The van der Waals surface area contributed by atoms with Gasteiger partial charge in [0.2, 0.25) is 0 Å². The van der Waals surface area contributed by atoms with Gasteiger partial charge in [-0.1, -0.05) is 120 Å². The minimum atomic E-state index is -4.38. The number of unbranched alkanes of at least 4 members (excludes halogenated alkanes) is 9. The first-order valence-corrected chi connectivity index (χ1v) is 13.3. The molecule has 0 saturated heterocycles. The van der Waals surface area contributed by atoms with Crippen molar-refractivity contribution in [2.75, 3.05) is 0 Å². The predicted molar refractivity (Wildman–Crippen MR) is 133 cm³/mol. The molecule has 1 atom stereocenters. The van der Waals surface area contributed by atoms with E-state index in [1.807, 2.05) is 0 Å². The van der Waals surface area contributed by atoms with E-state index in [9.17, 15) is 8.42 Å². The normalized spacial score (nSPS) is 12.0. The van der Waals surface area contributed by atoms with Crippen molar-refractivity contribution in [1.82, 2.24) is 0 Å². The van der Waals surface area contributed by atoms with Gasteiger partial charge in [0.1, 0.15) is 5.75 Å². The minimum Gasteiger partial charge on any atom is -0.362 e. The van der Waals surface area contributed by atoms with E-state index in [0.717, 1.165) is 6.42 Å². The van der Waals surface area contributed by atoms with Gasteiger partial charge in [0.05, 0.1) is 0 Å². The van der Waals surface area contributed by atoms with Crippen LogP contribution in [-0.4, -0.2) is 19.0 Å². The largest absolute Gasteiger partial charge is 0.446 e. The van der Waals surface area contributed by atoms with E-state index >= 15 is 0 Å². The van der Waals surface area contributed by atoms with E-state index in [0.29, 0.717) is 6.04 Å². The van der Waals surface area contributed by atoms with E-state index in [4.69, 9.17) is 10.3 Å². The molecule has 0 aliphatic carbocycles. The van der Waals surface area contributed by atoms with Crippen LogP contribution in [0.3, 0.4) is 0 Å². The fraction of sp³-hybridized carbons (Fsp3) is 0.538. The Morgan fingerprint density at radius 2 is 1.25 bits per heavy atom. The van der Waals surface area contributed by atoms with Gasteiger partial charge < -0.3 is 9.92 Å². The molecular formula is C26H41NO4S. The fourth-order valence-corrected chi connectivity index (χ4v) is 3.86. The Kier molecular flexibility index (Phi) is 15.5. The van der Waals surface area contributed by atoms with Crippen LogP contribution in [0.1, 0.15) is 83.1 Å². The van der Waals surface area contributed by atoms with E-state index < -0.39 is 10.4 Å². The Morgan fingerprint density at radius 3 is 1.75 bits per heavy atom. The number of hydrogen-bond donors (Lipinski definition) is 2. The van der Waals surface area contributed by atoms with Crippen molar-refractivity contribution in [2.45, 2.75) is 90.0 Å². The highest BCUT2D eigenvalue weighted by Gasteiger charge is 2.05. The zero-order valence-electron chi connectivity index (χ0n) is 19.5. The van der Waals surface area contributed by atoms with Crippen LogP contribution in [0.4, 0.5) is 0 Å². The second kappa shape index (κ2) is 17.6. The Bertz CT molecular complexity index is 782. The minimum absolute atomic E-state index is 0.0926. The molecule has 2 rings (SSSR count). The smallest absolute Gasteiger partial charge is 0.362 e. The van der Waals surface area contributed by atoms with E-state index in [1.165, 1.54) is 88.3 Å². The average Bonchev–Trinajstić information content (AvgIpc) is 2.76. The van der Waals surface area contributed by atoms with Crippen molar-refractivity contribution in [2.24, 2.45) is 5.73 Å². The predicted octanol–water partition coefficient (Wildman–Crippen LogP) is 6.74. The van der Waals surface area contributed by atoms with Gasteiger partial charge in [-0.2, -0.15) is 8.42 Å². The van der Waals surface area contributed by atoms with Gasteiger partial charge in [-0.15, -0.1) is 0 Å². The zero-order chi connectivity index (χ0) is 23.5. The second-order valence-corrected chi connectivity index (χ2v) is 9.27. The summed E-state index contributed by atoms with van der Waals surface area (Å²) >= 11 is 0. The number of rotatable bonds is 15. The number of nitrogens with two attached hydrogens (primary N) is 1. The lowest BCUT2D eigenvalue weighted by molar-refractivity contribution is 0.387. The lowest BCUT2D eigenvalue weighted by Crippen LogP contribution is -2.22. The lowest BCUT2D eigenvalue weighted by Gasteiger charge is -2.11. The highest BCUT2D eigenvalue weighted by Crippen LogP contribution is 2.13. The summed E-state index contributed by atoms with van der Waals surface area (Å²) in [5.41, 5.74) is 7.59. The third-order valence-corrected chi connectivity index (χ3v) is 5.62. The SMILES string of the molecule is CCCCCCCCCCCCC(N)Cc1ccccc1.O=S(=O)(O)Oc1ccccc1. The molecule has 2 aromatic carbocycles. The molecule has 0 heterocycles. The molecule has 0 radical (unpaired) electrons. The Hall–Kier alpha value is -1.89. The van der Waals surface area contributed by atoms with Crippen LogP contribution in [-0.2, 0) is 16.8 Å². The molecule has 0 saturated carbocycles. The summed E-state index contributed by atoms with van der Waals surface area (Å²) in [4.78, 5) is 0. The molecule has 6 heteroatoms. The van der Waals surface area contributed by atoms with Crippen molar-refractivity contribution in [3.8, 4) is 5.75 Å². The van der Waals surface area contributed by atoms with Crippen molar-refractivity contribution in [1.29, 1.82) is 0 Å². The van der Waals surface area contributed by atoms with Crippen LogP contribution in [0.2, 0.25) is 0 Å². The maximum absolute atomic E-state index is 10.1. The summed E-state index contributed by atoms with van der Waals surface area (Å²) in [7, 11) is -4.38. The molecule has 0 spiro atoms. The molecule has 0 aliphatic heterocycles. The summed E-state index contributed by atoms with van der Waals surface area (Å²) in [6.45, 7) is 2.28. The Labute approximate surface area is 195 Å². The van der Waals surface area contributed by atoms with Gasteiger partial charge in [0, 0.05) is 6.04 Å². The number of benzene rings is 2. The molecule has 0 fully saturated rings. The summed E-state index contributed by atoms with van der Waals surface area (Å²) in [6, 6.07) is 18.7. The average molecular weight is 464 g/mol. The van der Waals surface area contributed by atoms with Gasteiger partial charge in [0.25, 0.3) is 0 Å². The van der Waals surface area contributed by atoms with Crippen LogP contribution in [0, 0.1) is 0 Å². The molecule has 1 unspecified atom stereocenters. The number of hydrogen-bond acceptors (Lipinski definition) is 4. The van der Waals surface area contributed by atoms with Crippen LogP contribution < -0.4 is 9.92 Å². The van der Waals surface area contributed by atoms with Crippen molar-refractivity contribution < 1.29 is 17.2 Å². The summed E-state index contributed by atoms with van der Waals surface area (Å²) in [5, 5.41) is 0. The monoisotopic (exact) mass is 463 g/mol. The van der Waals surface area contributed by atoms with Gasteiger partial charge in [-0.3, -0.25) is 4.55 Å². The first kappa shape index (κ1) is 28.1. The summed E-state index contributed by atoms with van der Waals surface area (Å²) < 4.78 is 32.6. The van der Waals surface area contributed by atoms with Crippen LogP contribution in [0.25, 0.3) is 0 Å². The fourth-order valence-electron chi connectivity index (χ4n) is 3.51. The van der Waals surface area contributed by atoms with Crippen molar-refractivity contribution in [3.05, 3.63) is 66.2 Å². The highest BCUT2D eigenvalue weighted by atomic mass is 32.3. The maximum Gasteiger partial charge on any atom is 0.446 e. The molecule has 3 N–H and O–H groups in total. The molecule has 0 aromatic heterocycles. The molecule has 0 aliphatic rings. The first-order chi connectivity index (χ1) is 15.4. The molecule has 32 heavy (non-hydrogen) atoms. The van der Waals surface area contributed by atoms with Crippen molar-refractivity contribution in [3.63, 3.8) is 0 Å². The van der Waals surface area contributed by atoms with Gasteiger partial charge in [0.15, 0.2) is 0 Å². The highest BCUT2D eigenvalue weighted by molar-refractivity contribution is 7.81. The third-order valence-electron chi connectivity index (χ3n) is 5.21. The molecule has 2 aromatic rings. The van der Waals surface area contributed by atoms with Gasteiger partial charge in [-0.25, -0.2) is 0 Å². The summed E-state index contributed by atoms with van der Waals surface area (Å²) in [6.07, 6.45) is 16.2. The van der Waals surface area contributed by atoms with Gasteiger partial charge >= 0.3 is 10.4 Å².